The Bertz CT molecular complexity index is 723. The van der Waals surface area contributed by atoms with Gasteiger partial charge >= 0.3 is 0 Å². The molecule has 3 rings (SSSR count). The Kier molecular flexibility index (Phi) is 5.06. The highest BCUT2D eigenvalue weighted by atomic mass is 19.1. The molecule has 0 aliphatic rings. The Hall–Kier alpha value is -2.59. The standard InChI is InChI=1S/C19H18FNO2/c20-17-8-6-15(7-9-17)14-23-18-4-1-3-16(11-18)12-21-13-19-5-2-10-22-19/h1-11,21H,12-14H2. The Morgan fingerprint density at radius 3 is 2.57 bits per heavy atom. The van der Waals surface area contributed by atoms with E-state index in [-0.39, 0.29) is 5.82 Å². The highest BCUT2D eigenvalue weighted by Crippen LogP contribution is 2.15. The summed E-state index contributed by atoms with van der Waals surface area (Å²) in [6.07, 6.45) is 1.67. The molecule has 2 aromatic carbocycles. The predicted octanol–water partition coefficient (Wildman–Crippen LogP) is 4.29. The first-order chi connectivity index (χ1) is 11.3. The third-order valence-corrected chi connectivity index (χ3v) is 3.43. The van der Waals surface area contributed by atoms with Gasteiger partial charge in [-0.15, -0.1) is 0 Å². The molecule has 0 saturated heterocycles. The molecule has 0 fully saturated rings. The number of hydrogen-bond acceptors (Lipinski definition) is 3. The SMILES string of the molecule is Fc1ccc(COc2cccc(CNCc3ccco3)c2)cc1. The summed E-state index contributed by atoms with van der Waals surface area (Å²) in [5.74, 6) is 1.47. The van der Waals surface area contributed by atoms with Crippen LogP contribution in [0.5, 0.6) is 5.75 Å². The van der Waals surface area contributed by atoms with E-state index in [2.05, 4.69) is 5.32 Å². The Labute approximate surface area is 134 Å². The van der Waals surface area contributed by atoms with Gasteiger partial charge in [-0.2, -0.15) is 0 Å². The van der Waals surface area contributed by atoms with E-state index in [1.807, 2.05) is 36.4 Å². The van der Waals surface area contributed by atoms with E-state index < -0.39 is 0 Å². The number of hydrogen-bond donors (Lipinski definition) is 1. The van der Waals surface area contributed by atoms with Gasteiger partial charge in [0.05, 0.1) is 12.8 Å². The molecular formula is C19H18FNO2. The van der Waals surface area contributed by atoms with Crippen LogP contribution in [0.15, 0.2) is 71.3 Å². The zero-order valence-corrected chi connectivity index (χ0v) is 12.7. The fraction of sp³-hybridized carbons (Fsp3) is 0.158. The molecule has 0 aliphatic carbocycles. The monoisotopic (exact) mass is 311 g/mol. The van der Waals surface area contributed by atoms with Gasteiger partial charge < -0.3 is 14.5 Å². The smallest absolute Gasteiger partial charge is 0.123 e. The summed E-state index contributed by atoms with van der Waals surface area (Å²) in [5.41, 5.74) is 2.07. The minimum absolute atomic E-state index is 0.238. The zero-order chi connectivity index (χ0) is 15.9. The lowest BCUT2D eigenvalue weighted by molar-refractivity contribution is 0.305. The number of halogens is 1. The first-order valence-corrected chi connectivity index (χ1v) is 7.49. The van der Waals surface area contributed by atoms with Gasteiger partial charge in [0.25, 0.3) is 0 Å². The van der Waals surface area contributed by atoms with Crippen LogP contribution >= 0.6 is 0 Å². The molecule has 23 heavy (non-hydrogen) atoms. The van der Waals surface area contributed by atoms with Crippen LogP contribution in [0.4, 0.5) is 4.39 Å². The Morgan fingerprint density at radius 2 is 1.78 bits per heavy atom. The first-order valence-electron chi connectivity index (χ1n) is 7.49. The van der Waals surface area contributed by atoms with Crippen molar-refractivity contribution in [3.63, 3.8) is 0 Å². The number of nitrogens with one attached hydrogen (secondary N) is 1. The molecule has 0 aliphatic heterocycles. The summed E-state index contributed by atoms with van der Waals surface area (Å²) < 4.78 is 23.9. The molecule has 0 atom stereocenters. The molecule has 4 heteroatoms. The minimum atomic E-state index is -0.238. The van der Waals surface area contributed by atoms with E-state index in [1.54, 1.807) is 18.4 Å². The van der Waals surface area contributed by atoms with Crippen molar-refractivity contribution in [1.82, 2.24) is 5.32 Å². The van der Waals surface area contributed by atoms with Gasteiger partial charge in [0.15, 0.2) is 0 Å². The average Bonchev–Trinajstić information content (AvgIpc) is 3.08. The number of ether oxygens (including phenoxy) is 1. The van der Waals surface area contributed by atoms with Crippen LogP contribution in [-0.2, 0) is 19.7 Å². The summed E-state index contributed by atoms with van der Waals surface area (Å²) in [4.78, 5) is 0. The van der Waals surface area contributed by atoms with Gasteiger partial charge in [0.1, 0.15) is 23.9 Å². The van der Waals surface area contributed by atoms with Crippen LogP contribution in [-0.4, -0.2) is 0 Å². The number of benzene rings is 2. The molecule has 0 radical (unpaired) electrons. The highest BCUT2D eigenvalue weighted by molar-refractivity contribution is 5.29. The molecule has 0 spiro atoms. The molecule has 0 amide bonds. The van der Waals surface area contributed by atoms with Crippen LogP contribution in [0.1, 0.15) is 16.9 Å². The summed E-state index contributed by atoms with van der Waals surface area (Å²) in [5, 5.41) is 3.32. The molecular weight excluding hydrogens is 293 g/mol. The Balaban J connectivity index is 1.51. The van der Waals surface area contributed by atoms with E-state index in [4.69, 9.17) is 9.15 Å². The summed E-state index contributed by atoms with van der Waals surface area (Å²) in [6.45, 7) is 1.84. The van der Waals surface area contributed by atoms with Crippen molar-refractivity contribution in [1.29, 1.82) is 0 Å². The van der Waals surface area contributed by atoms with E-state index in [0.717, 1.165) is 29.2 Å². The molecule has 0 unspecified atom stereocenters. The van der Waals surface area contributed by atoms with Gasteiger partial charge in [-0.3, -0.25) is 0 Å². The topological polar surface area (TPSA) is 34.4 Å². The second-order valence-corrected chi connectivity index (χ2v) is 5.25. The average molecular weight is 311 g/mol. The summed E-state index contributed by atoms with van der Waals surface area (Å²) >= 11 is 0. The third kappa shape index (κ3) is 4.69. The molecule has 1 heterocycles. The molecule has 1 N–H and O–H groups in total. The molecule has 0 saturated carbocycles. The Morgan fingerprint density at radius 1 is 0.913 bits per heavy atom. The summed E-state index contributed by atoms with van der Waals surface area (Å²) in [7, 11) is 0. The maximum absolute atomic E-state index is 12.9. The van der Waals surface area contributed by atoms with Gasteiger partial charge in [0, 0.05) is 6.54 Å². The van der Waals surface area contributed by atoms with Crippen LogP contribution in [0.25, 0.3) is 0 Å². The van der Waals surface area contributed by atoms with Crippen molar-refractivity contribution in [3.8, 4) is 5.75 Å². The maximum Gasteiger partial charge on any atom is 0.123 e. The van der Waals surface area contributed by atoms with Gasteiger partial charge in [0.2, 0.25) is 0 Å². The van der Waals surface area contributed by atoms with E-state index in [1.165, 1.54) is 12.1 Å². The fourth-order valence-corrected chi connectivity index (χ4v) is 2.24. The second kappa shape index (κ2) is 7.61. The van der Waals surface area contributed by atoms with Crippen molar-refractivity contribution in [2.24, 2.45) is 0 Å². The van der Waals surface area contributed by atoms with Gasteiger partial charge in [-0.05, 0) is 47.5 Å². The first kappa shape index (κ1) is 15.3. The van der Waals surface area contributed by atoms with E-state index >= 15 is 0 Å². The van der Waals surface area contributed by atoms with Crippen LogP contribution in [0.3, 0.4) is 0 Å². The third-order valence-electron chi connectivity index (χ3n) is 3.43. The largest absolute Gasteiger partial charge is 0.489 e. The zero-order valence-electron chi connectivity index (χ0n) is 12.7. The van der Waals surface area contributed by atoms with Crippen LogP contribution in [0, 0.1) is 5.82 Å². The van der Waals surface area contributed by atoms with E-state index in [9.17, 15) is 4.39 Å². The normalized spacial score (nSPS) is 10.7. The van der Waals surface area contributed by atoms with Crippen LogP contribution in [0.2, 0.25) is 0 Å². The predicted molar refractivity (Wildman–Crippen MR) is 86.4 cm³/mol. The molecule has 118 valence electrons. The lowest BCUT2D eigenvalue weighted by Gasteiger charge is -2.09. The van der Waals surface area contributed by atoms with E-state index in [0.29, 0.717) is 13.2 Å². The molecule has 3 aromatic rings. The molecule has 3 nitrogen and oxygen atoms in total. The minimum Gasteiger partial charge on any atom is -0.489 e. The lowest BCUT2D eigenvalue weighted by Crippen LogP contribution is -2.12. The quantitative estimate of drug-likeness (QED) is 0.707. The highest BCUT2D eigenvalue weighted by Gasteiger charge is 2.00. The van der Waals surface area contributed by atoms with Gasteiger partial charge in [-0.1, -0.05) is 24.3 Å². The fourth-order valence-electron chi connectivity index (χ4n) is 2.24. The molecule has 0 bridgehead atoms. The van der Waals surface area contributed by atoms with Crippen molar-refractivity contribution in [2.45, 2.75) is 19.7 Å². The number of furan rings is 1. The summed E-state index contributed by atoms with van der Waals surface area (Å²) in [6, 6.07) is 18.1. The van der Waals surface area contributed by atoms with Crippen molar-refractivity contribution in [3.05, 3.63) is 89.6 Å². The molecule has 1 aromatic heterocycles. The second-order valence-electron chi connectivity index (χ2n) is 5.25. The van der Waals surface area contributed by atoms with Crippen LogP contribution < -0.4 is 10.1 Å². The van der Waals surface area contributed by atoms with Crippen molar-refractivity contribution >= 4 is 0 Å². The number of rotatable bonds is 7. The van der Waals surface area contributed by atoms with Crippen molar-refractivity contribution < 1.29 is 13.5 Å². The van der Waals surface area contributed by atoms with Gasteiger partial charge in [-0.25, -0.2) is 4.39 Å². The maximum atomic E-state index is 12.9. The lowest BCUT2D eigenvalue weighted by atomic mass is 10.2. The van der Waals surface area contributed by atoms with Crippen molar-refractivity contribution in [2.75, 3.05) is 0 Å².